The Hall–Kier alpha value is -0.830. The number of hydrogen-bond acceptors (Lipinski definition) is 2. The van der Waals surface area contributed by atoms with Crippen LogP contribution >= 0.6 is 0 Å². The van der Waals surface area contributed by atoms with E-state index >= 15 is 0 Å². The van der Waals surface area contributed by atoms with Gasteiger partial charge in [0.15, 0.2) is 0 Å². The summed E-state index contributed by atoms with van der Waals surface area (Å²) in [6.45, 7) is 0. The van der Waals surface area contributed by atoms with Crippen LogP contribution in [0.15, 0.2) is 11.6 Å². The number of allylic oxidation sites excluding steroid dienone is 1. The van der Waals surface area contributed by atoms with E-state index in [1.54, 1.807) is 6.08 Å². The number of aliphatic carboxylic acids is 1. The molecule has 3 heteroatoms. The minimum Gasteiger partial charge on any atom is -0.478 e. The monoisotopic (exact) mass is 129 g/mol. The summed E-state index contributed by atoms with van der Waals surface area (Å²) in [5.41, 5.74) is 0.588. The molecule has 0 atom stereocenters. The van der Waals surface area contributed by atoms with Gasteiger partial charge in [0.2, 0.25) is 0 Å². The van der Waals surface area contributed by atoms with Crippen molar-refractivity contribution in [2.45, 2.75) is 19.3 Å². The molecule has 0 aromatic carbocycles. The molecule has 0 fully saturated rings. The summed E-state index contributed by atoms with van der Waals surface area (Å²) in [6.07, 6.45) is 4.51. The lowest BCUT2D eigenvalue weighted by atomic mass is 10.2. The highest BCUT2D eigenvalue weighted by Crippen LogP contribution is 2.16. The first-order valence-corrected chi connectivity index (χ1v) is 2.73. The van der Waals surface area contributed by atoms with Crippen molar-refractivity contribution in [3.8, 4) is 0 Å². The smallest absolute Gasteiger partial charge is 0.331 e. The fraction of sp³-hybridized carbons (Fsp3) is 0.500. The number of carboxylic acids is 1. The lowest BCUT2D eigenvalue weighted by molar-refractivity contribution is -0.132. The molecular formula is C6H11NO2. The maximum Gasteiger partial charge on any atom is 0.331 e. The molecule has 0 amide bonds. The zero-order valence-corrected chi connectivity index (χ0v) is 5.26. The third kappa shape index (κ3) is 1.85. The van der Waals surface area contributed by atoms with Crippen LogP contribution in [0.3, 0.4) is 0 Å². The molecule has 0 heterocycles. The summed E-state index contributed by atoms with van der Waals surface area (Å²) in [5.74, 6) is -0.748. The van der Waals surface area contributed by atoms with Crippen LogP contribution in [-0.2, 0) is 4.79 Å². The molecule has 4 N–H and O–H groups in total. The second-order valence-electron chi connectivity index (χ2n) is 1.93. The van der Waals surface area contributed by atoms with Crippen molar-refractivity contribution in [2.24, 2.45) is 0 Å². The van der Waals surface area contributed by atoms with Crippen molar-refractivity contribution in [3.63, 3.8) is 0 Å². The molecule has 0 aromatic rings. The predicted octanol–water partition coefficient (Wildman–Crippen LogP) is 1.34. The highest BCUT2D eigenvalue weighted by molar-refractivity contribution is 5.86. The van der Waals surface area contributed by atoms with E-state index in [1.807, 2.05) is 0 Å². The molecule has 1 aliphatic carbocycles. The number of carboxylic acid groups (broad SMARTS) is 1. The molecule has 0 bridgehead atoms. The summed E-state index contributed by atoms with van der Waals surface area (Å²) in [6, 6.07) is 0. The molecule has 1 rings (SSSR count). The van der Waals surface area contributed by atoms with Crippen LogP contribution in [0.5, 0.6) is 0 Å². The second kappa shape index (κ2) is 3.25. The maximum absolute atomic E-state index is 10.1. The first-order valence-electron chi connectivity index (χ1n) is 2.73. The maximum atomic E-state index is 10.1. The van der Waals surface area contributed by atoms with Crippen LogP contribution in [0, 0.1) is 0 Å². The lowest BCUT2D eigenvalue weighted by Crippen LogP contribution is -1.95. The number of carbonyl (C=O) groups is 1. The summed E-state index contributed by atoms with van der Waals surface area (Å²) >= 11 is 0. The SMILES string of the molecule is N.O=C(O)C1=CCCC1. The first kappa shape index (κ1) is 8.17. The minimum atomic E-state index is -0.748. The number of rotatable bonds is 1. The number of hydrogen-bond donors (Lipinski definition) is 2. The molecule has 0 radical (unpaired) electrons. The molecule has 52 valence electrons. The third-order valence-corrected chi connectivity index (χ3v) is 1.32. The van der Waals surface area contributed by atoms with E-state index < -0.39 is 5.97 Å². The summed E-state index contributed by atoms with van der Waals surface area (Å²) < 4.78 is 0. The van der Waals surface area contributed by atoms with Crippen LogP contribution in [-0.4, -0.2) is 11.1 Å². The van der Waals surface area contributed by atoms with Gasteiger partial charge >= 0.3 is 5.97 Å². The topological polar surface area (TPSA) is 72.3 Å². The van der Waals surface area contributed by atoms with Crippen LogP contribution < -0.4 is 6.15 Å². The standard InChI is InChI=1S/C6H8O2.H3N/c7-6(8)5-3-1-2-4-5;/h3H,1-2,4H2,(H,7,8);1H3. The largest absolute Gasteiger partial charge is 0.478 e. The van der Waals surface area contributed by atoms with E-state index in [4.69, 9.17) is 5.11 Å². The van der Waals surface area contributed by atoms with Gasteiger partial charge in [-0.15, -0.1) is 0 Å². The molecule has 0 unspecified atom stereocenters. The van der Waals surface area contributed by atoms with Crippen LogP contribution in [0.4, 0.5) is 0 Å². The molecule has 9 heavy (non-hydrogen) atoms. The zero-order chi connectivity index (χ0) is 5.98. The first-order chi connectivity index (χ1) is 3.80. The molecule has 0 aliphatic heterocycles. The van der Waals surface area contributed by atoms with Crippen molar-refractivity contribution in [2.75, 3.05) is 0 Å². The van der Waals surface area contributed by atoms with E-state index in [2.05, 4.69) is 0 Å². The van der Waals surface area contributed by atoms with E-state index in [-0.39, 0.29) is 6.15 Å². The summed E-state index contributed by atoms with van der Waals surface area (Å²) in [4.78, 5) is 10.1. The Morgan fingerprint density at radius 2 is 2.33 bits per heavy atom. The van der Waals surface area contributed by atoms with Gasteiger partial charge in [-0.1, -0.05) is 6.08 Å². The van der Waals surface area contributed by atoms with Crippen molar-refractivity contribution in [3.05, 3.63) is 11.6 Å². The van der Waals surface area contributed by atoms with Gasteiger partial charge in [0, 0.05) is 5.57 Å². The molecule has 1 aliphatic rings. The van der Waals surface area contributed by atoms with Gasteiger partial charge < -0.3 is 11.3 Å². The summed E-state index contributed by atoms with van der Waals surface area (Å²) in [5, 5.41) is 8.34. The summed E-state index contributed by atoms with van der Waals surface area (Å²) in [7, 11) is 0. The molecule has 0 saturated carbocycles. The Morgan fingerprint density at radius 1 is 1.67 bits per heavy atom. The highest BCUT2D eigenvalue weighted by atomic mass is 16.4. The Labute approximate surface area is 54.0 Å². The third-order valence-electron chi connectivity index (χ3n) is 1.32. The molecule has 0 saturated heterocycles. The van der Waals surface area contributed by atoms with E-state index in [9.17, 15) is 4.79 Å². The van der Waals surface area contributed by atoms with E-state index in [0.717, 1.165) is 19.3 Å². The average Bonchev–Trinajstić information content (AvgIpc) is 2.12. The Bertz CT molecular complexity index is 140. The van der Waals surface area contributed by atoms with Gasteiger partial charge in [-0.2, -0.15) is 0 Å². The van der Waals surface area contributed by atoms with Gasteiger partial charge in [-0.3, -0.25) is 0 Å². The van der Waals surface area contributed by atoms with Crippen LogP contribution in [0.25, 0.3) is 0 Å². The molecule has 0 spiro atoms. The quantitative estimate of drug-likeness (QED) is 0.561. The van der Waals surface area contributed by atoms with E-state index in [0.29, 0.717) is 5.57 Å². The fourth-order valence-electron chi connectivity index (χ4n) is 0.865. The fourth-order valence-corrected chi connectivity index (χ4v) is 0.865. The lowest BCUT2D eigenvalue weighted by Gasteiger charge is -1.87. The van der Waals surface area contributed by atoms with Crippen molar-refractivity contribution in [1.29, 1.82) is 0 Å². The van der Waals surface area contributed by atoms with Crippen LogP contribution in [0.2, 0.25) is 0 Å². The normalized spacial score (nSPS) is 16.2. The predicted molar refractivity (Wildman–Crippen MR) is 34.6 cm³/mol. The van der Waals surface area contributed by atoms with Crippen molar-refractivity contribution < 1.29 is 9.90 Å². The Balaban J connectivity index is 0.000000640. The molecule has 3 nitrogen and oxygen atoms in total. The average molecular weight is 129 g/mol. The minimum absolute atomic E-state index is 0. The van der Waals surface area contributed by atoms with Gasteiger partial charge in [0.25, 0.3) is 0 Å². The Morgan fingerprint density at radius 3 is 2.56 bits per heavy atom. The molecular weight excluding hydrogens is 118 g/mol. The van der Waals surface area contributed by atoms with Crippen molar-refractivity contribution >= 4 is 5.97 Å². The Kier molecular flexibility index (Phi) is 2.95. The van der Waals surface area contributed by atoms with Crippen LogP contribution in [0.1, 0.15) is 19.3 Å². The van der Waals surface area contributed by atoms with Gasteiger partial charge in [0.05, 0.1) is 0 Å². The highest BCUT2D eigenvalue weighted by Gasteiger charge is 2.09. The zero-order valence-electron chi connectivity index (χ0n) is 5.26. The van der Waals surface area contributed by atoms with Gasteiger partial charge in [0.1, 0.15) is 0 Å². The van der Waals surface area contributed by atoms with Gasteiger partial charge in [-0.05, 0) is 19.3 Å². The van der Waals surface area contributed by atoms with Crippen molar-refractivity contribution in [1.82, 2.24) is 6.15 Å². The van der Waals surface area contributed by atoms with Gasteiger partial charge in [-0.25, -0.2) is 4.79 Å². The molecule has 0 aromatic heterocycles. The second-order valence-corrected chi connectivity index (χ2v) is 1.93. The van der Waals surface area contributed by atoms with E-state index in [1.165, 1.54) is 0 Å².